The van der Waals surface area contributed by atoms with E-state index in [-0.39, 0.29) is 30.0 Å². The summed E-state index contributed by atoms with van der Waals surface area (Å²) < 4.78 is 5.50. The first-order chi connectivity index (χ1) is 12.0. The number of nitrogens with zero attached hydrogens (tertiary/aromatic N) is 3. The molecule has 0 aliphatic carbocycles. The summed E-state index contributed by atoms with van der Waals surface area (Å²) in [7, 11) is 6.36. The highest BCUT2D eigenvalue weighted by molar-refractivity contribution is 14.0. The van der Waals surface area contributed by atoms with Crippen molar-refractivity contribution in [2.24, 2.45) is 10.9 Å². The van der Waals surface area contributed by atoms with Crippen LogP contribution >= 0.6 is 24.0 Å². The molecule has 2 rings (SSSR count). The van der Waals surface area contributed by atoms with Crippen LogP contribution in [0.4, 0.5) is 0 Å². The van der Waals surface area contributed by atoms with E-state index in [0.717, 1.165) is 45.2 Å². The van der Waals surface area contributed by atoms with Gasteiger partial charge in [-0.3, -0.25) is 4.99 Å². The number of likely N-dealkylation sites (N-methyl/N-ethyl adjacent to an activating group) is 1. The second-order valence-corrected chi connectivity index (χ2v) is 7.19. The second kappa shape index (κ2) is 11.8. The molecule has 6 heteroatoms. The molecule has 1 aromatic rings. The molecule has 1 aromatic carbocycles. The maximum Gasteiger partial charge on any atom is 0.193 e. The zero-order valence-electron chi connectivity index (χ0n) is 16.9. The molecular formula is C20H35IN4O. The fourth-order valence-corrected chi connectivity index (χ4v) is 3.20. The molecule has 2 unspecified atom stereocenters. The van der Waals surface area contributed by atoms with Crippen molar-refractivity contribution in [3.05, 3.63) is 35.4 Å². The fourth-order valence-electron chi connectivity index (χ4n) is 3.20. The van der Waals surface area contributed by atoms with Crippen molar-refractivity contribution in [1.29, 1.82) is 0 Å². The molecule has 1 saturated heterocycles. The molecule has 1 fully saturated rings. The highest BCUT2D eigenvalue weighted by atomic mass is 127. The van der Waals surface area contributed by atoms with Crippen LogP contribution in [0.25, 0.3) is 0 Å². The van der Waals surface area contributed by atoms with Crippen molar-refractivity contribution in [2.45, 2.75) is 26.3 Å². The molecule has 1 aliphatic heterocycles. The number of ether oxygens (including phenoxy) is 1. The predicted octanol–water partition coefficient (Wildman–Crippen LogP) is 3.15. The van der Waals surface area contributed by atoms with Gasteiger partial charge in [-0.2, -0.15) is 0 Å². The van der Waals surface area contributed by atoms with Crippen LogP contribution in [0.15, 0.2) is 29.3 Å². The maximum atomic E-state index is 5.50. The van der Waals surface area contributed by atoms with Gasteiger partial charge in [0.05, 0.1) is 19.2 Å². The quantitative estimate of drug-likeness (QED) is 0.375. The molecule has 2 atom stereocenters. The summed E-state index contributed by atoms with van der Waals surface area (Å²) in [4.78, 5) is 9.40. The smallest absolute Gasteiger partial charge is 0.193 e. The van der Waals surface area contributed by atoms with Crippen molar-refractivity contribution < 1.29 is 4.74 Å². The Bertz CT molecular complexity index is 541. The van der Waals surface area contributed by atoms with Crippen molar-refractivity contribution >= 4 is 29.9 Å². The Hall–Kier alpha value is -0.860. The number of benzene rings is 1. The molecule has 148 valence electrons. The van der Waals surface area contributed by atoms with E-state index in [4.69, 9.17) is 9.73 Å². The van der Waals surface area contributed by atoms with Gasteiger partial charge in [0.2, 0.25) is 0 Å². The maximum absolute atomic E-state index is 5.50. The number of nitrogens with one attached hydrogen (secondary N) is 1. The van der Waals surface area contributed by atoms with Crippen LogP contribution in [-0.4, -0.2) is 69.8 Å². The summed E-state index contributed by atoms with van der Waals surface area (Å²) in [6, 6.07) is 9.04. The average Bonchev–Trinajstić information content (AvgIpc) is 3.08. The summed E-state index contributed by atoms with van der Waals surface area (Å²) in [5.74, 6) is 1.59. The highest BCUT2D eigenvalue weighted by Gasteiger charge is 2.20. The first-order valence-corrected chi connectivity index (χ1v) is 9.31. The van der Waals surface area contributed by atoms with E-state index >= 15 is 0 Å². The summed E-state index contributed by atoms with van der Waals surface area (Å²) in [6.45, 7) is 8.60. The molecule has 0 aromatic heterocycles. The topological polar surface area (TPSA) is 40.1 Å². The van der Waals surface area contributed by atoms with Gasteiger partial charge in [0.15, 0.2) is 5.96 Å². The standard InChI is InChI=1S/C20H34N4O.HI/c1-6-21-20(24(5)14-17-11-12-25-15-17)22-13-19(23(3)4)18-9-7-16(2)8-10-18;/h7-10,17,19H,6,11-15H2,1-5H3,(H,21,22);1H. The minimum absolute atomic E-state index is 0. The van der Waals surface area contributed by atoms with Crippen LogP contribution in [0.5, 0.6) is 0 Å². The molecule has 0 spiro atoms. The average molecular weight is 474 g/mol. The van der Waals surface area contributed by atoms with E-state index in [1.807, 2.05) is 0 Å². The van der Waals surface area contributed by atoms with Gasteiger partial charge in [-0.25, -0.2) is 0 Å². The number of aliphatic imine (C=N–C) groups is 1. The monoisotopic (exact) mass is 474 g/mol. The largest absolute Gasteiger partial charge is 0.381 e. The Morgan fingerprint density at radius 2 is 1.96 bits per heavy atom. The summed E-state index contributed by atoms with van der Waals surface area (Å²) in [5.41, 5.74) is 2.60. The number of halogens is 1. The van der Waals surface area contributed by atoms with Crippen LogP contribution in [0.3, 0.4) is 0 Å². The summed E-state index contributed by atoms with van der Waals surface area (Å²) in [5, 5.41) is 3.43. The zero-order valence-corrected chi connectivity index (χ0v) is 19.2. The van der Waals surface area contributed by atoms with Crippen molar-refractivity contribution in [3.63, 3.8) is 0 Å². The lowest BCUT2D eigenvalue weighted by atomic mass is 10.0. The van der Waals surface area contributed by atoms with Crippen molar-refractivity contribution in [2.75, 3.05) is 54.0 Å². The van der Waals surface area contributed by atoms with Gasteiger partial charge in [0.1, 0.15) is 0 Å². The third-order valence-electron chi connectivity index (χ3n) is 4.75. The molecule has 26 heavy (non-hydrogen) atoms. The zero-order chi connectivity index (χ0) is 18.2. The van der Waals surface area contributed by atoms with Gasteiger partial charge in [-0.15, -0.1) is 24.0 Å². The number of hydrogen-bond acceptors (Lipinski definition) is 3. The Morgan fingerprint density at radius 1 is 1.27 bits per heavy atom. The molecule has 1 N–H and O–H groups in total. The number of rotatable bonds is 7. The van der Waals surface area contributed by atoms with Crippen LogP contribution in [-0.2, 0) is 4.74 Å². The van der Waals surface area contributed by atoms with E-state index in [2.05, 4.69) is 74.4 Å². The lowest BCUT2D eigenvalue weighted by molar-refractivity contribution is 0.181. The molecule has 0 bridgehead atoms. The van der Waals surface area contributed by atoms with E-state index in [0.29, 0.717) is 5.92 Å². The van der Waals surface area contributed by atoms with Crippen LogP contribution in [0.1, 0.15) is 30.5 Å². The fraction of sp³-hybridized carbons (Fsp3) is 0.650. The molecule has 0 radical (unpaired) electrons. The molecule has 1 aliphatic rings. The summed E-state index contributed by atoms with van der Waals surface area (Å²) in [6.07, 6.45) is 1.15. The first-order valence-electron chi connectivity index (χ1n) is 9.31. The van der Waals surface area contributed by atoms with Gasteiger partial charge >= 0.3 is 0 Å². The van der Waals surface area contributed by atoms with Gasteiger partial charge in [-0.05, 0) is 39.9 Å². The lowest BCUT2D eigenvalue weighted by Gasteiger charge is -2.27. The summed E-state index contributed by atoms with van der Waals surface area (Å²) >= 11 is 0. The predicted molar refractivity (Wildman–Crippen MR) is 121 cm³/mol. The van der Waals surface area contributed by atoms with Crippen LogP contribution in [0.2, 0.25) is 0 Å². The highest BCUT2D eigenvalue weighted by Crippen LogP contribution is 2.19. The van der Waals surface area contributed by atoms with Gasteiger partial charge in [-0.1, -0.05) is 29.8 Å². The minimum Gasteiger partial charge on any atom is -0.381 e. The molecule has 5 nitrogen and oxygen atoms in total. The normalized spacial score (nSPS) is 18.5. The lowest BCUT2D eigenvalue weighted by Crippen LogP contribution is -2.42. The van der Waals surface area contributed by atoms with Gasteiger partial charge in [0.25, 0.3) is 0 Å². The van der Waals surface area contributed by atoms with E-state index < -0.39 is 0 Å². The Morgan fingerprint density at radius 3 is 2.50 bits per heavy atom. The Kier molecular flexibility index (Phi) is 10.5. The molecule has 1 heterocycles. The van der Waals surface area contributed by atoms with Crippen LogP contribution < -0.4 is 5.32 Å². The number of aryl methyl sites for hydroxylation is 1. The van der Waals surface area contributed by atoms with Gasteiger partial charge in [0, 0.05) is 32.7 Å². The molecule has 0 saturated carbocycles. The minimum atomic E-state index is 0. The molecular weight excluding hydrogens is 439 g/mol. The Labute approximate surface area is 176 Å². The first kappa shape index (κ1) is 23.2. The third-order valence-corrected chi connectivity index (χ3v) is 4.75. The van der Waals surface area contributed by atoms with E-state index in [1.165, 1.54) is 11.1 Å². The van der Waals surface area contributed by atoms with Gasteiger partial charge < -0.3 is 19.9 Å². The van der Waals surface area contributed by atoms with Crippen molar-refractivity contribution in [3.8, 4) is 0 Å². The third kappa shape index (κ3) is 7.04. The molecule has 0 amide bonds. The van der Waals surface area contributed by atoms with E-state index in [9.17, 15) is 0 Å². The van der Waals surface area contributed by atoms with E-state index in [1.54, 1.807) is 0 Å². The van der Waals surface area contributed by atoms with Crippen LogP contribution in [0, 0.1) is 12.8 Å². The number of guanidine groups is 1. The SMILES string of the molecule is CCNC(=NCC(c1ccc(C)cc1)N(C)C)N(C)CC1CCOC1.I. The number of hydrogen-bond donors (Lipinski definition) is 1. The second-order valence-electron chi connectivity index (χ2n) is 7.19. The van der Waals surface area contributed by atoms with Crippen molar-refractivity contribution in [1.82, 2.24) is 15.1 Å². The Balaban J connectivity index is 0.00000338.